The fraction of sp³-hybridized carbons (Fsp3) is 0.440. The molecule has 1 saturated heterocycles. The molecular formula is C25H31ClN2O3. The summed E-state index contributed by atoms with van der Waals surface area (Å²) in [6.45, 7) is 7.21. The summed E-state index contributed by atoms with van der Waals surface area (Å²) in [6, 6.07) is 12.1. The van der Waals surface area contributed by atoms with E-state index in [0.717, 1.165) is 35.4 Å². The highest BCUT2D eigenvalue weighted by molar-refractivity contribution is 6.32. The minimum absolute atomic E-state index is 0.0315. The topological polar surface area (TPSA) is 58.6 Å². The first kappa shape index (κ1) is 23.1. The SMILES string of the molecule is Cc1ccc(CCC(=O)N2CCC(NC(=O)COc3cc(C)c(Cl)c(C)c3)CC2)cc1. The Labute approximate surface area is 189 Å². The number of nitrogens with one attached hydrogen (secondary N) is 1. The Morgan fingerprint density at radius 3 is 2.29 bits per heavy atom. The number of hydrogen-bond donors (Lipinski definition) is 1. The molecule has 0 atom stereocenters. The van der Waals surface area contributed by atoms with Crippen LogP contribution in [-0.4, -0.2) is 42.5 Å². The van der Waals surface area contributed by atoms with Gasteiger partial charge in [0.05, 0.1) is 0 Å². The van der Waals surface area contributed by atoms with E-state index in [1.54, 1.807) is 0 Å². The standard InChI is InChI=1S/C25H31ClN2O3/c1-17-4-6-20(7-5-17)8-9-24(30)28-12-10-21(11-13-28)27-23(29)16-31-22-14-18(2)25(26)19(3)15-22/h4-7,14-15,21H,8-13,16H2,1-3H3,(H,27,29). The van der Waals surface area contributed by atoms with Crippen molar-refractivity contribution in [2.24, 2.45) is 0 Å². The molecule has 2 aromatic rings. The van der Waals surface area contributed by atoms with E-state index in [1.165, 1.54) is 11.1 Å². The van der Waals surface area contributed by atoms with Crippen LogP contribution in [0.5, 0.6) is 5.75 Å². The molecule has 0 unspecified atom stereocenters. The number of halogens is 1. The number of benzene rings is 2. The van der Waals surface area contributed by atoms with Crippen molar-refractivity contribution in [3.05, 3.63) is 63.7 Å². The molecule has 2 amide bonds. The number of piperidine rings is 1. The lowest BCUT2D eigenvalue weighted by molar-refractivity contribution is -0.132. The highest BCUT2D eigenvalue weighted by Crippen LogP contribution is 2.25. The van der Waals surface area contributed by atoms with Gasteiger partial charge in [0.25, 0.3) is 5.91 Å². The summed E-state index contributed by atoms with van der Waals surface area (Å²) in [5, 5.41) is 3.74. The van der Waals surface area contributed by atoms with Crippen molar-refractivity contribution in [3.63, 3.8) is 0 Å². The van der Waals surface area contributed by atoms with E-state index in [1.807, 2.05) is 30.9 Å². The lowest BCUT2D eigenvalue weighted by Gasteiger charge is -2.32. The van der Waals surface area contributed by atoms with Crippen LogP contribution in [0.3, 0.4) is 0 Å². The lowest BCUT2D eigenvalue weighted by atomic mass is 10.0. The predicted molar refractivity (Wildman–Crippen MR) is 124 cm³/mol. The highest BCUT2D eigenvalue weighted by atomic mass is 35.5. The minimum Gasteiger partial charge on any atom is -0.484 e. The van der Waals surface area contributed by atoms with Gasteiger partial charge >= 0.3 is 0 Å². The van der Waals surface area contributed by atoms with Crippen LogP contribution in [0.25, 0.3) is 0 Å². The van der Waals surface area contributed by atoms with Crippen molar-refractivity contribution in [3.8, 4) is 5.75 Å². The zero-order valence-electron chi connectivity index (χ0n) is 18.5. The Kier molecular flexibility index (Phi) is 7.97. The number of ether oxygens (including phenoxy) is 1. The normalized spacial score (nSPS) is 14.4. The summed E-state index contributed by atoms with van der Waals surface area (Å²) >= 11 is 6.17. The highest BCUT2D eigenvalue weighted by Gasteiger charge is 2.23. The molecule has 6 heteroatoms. The van der Waals surface area contributed by atoms with E-state index in [9.17, 15) is 9.59 Å². The van der Waals surface area contributed by atoms with E-state index in [0.29, 0.717) is 25.3 Å². The van der Waals surface area contributed by atoms with Gasteiger partial charge in [-0.05, 0) is 68.9 Å². The first-order valence-corrected chi connectivity index (χ1v) is 11.2. The Balaban J connectivity index is 1.37. The molecule has 1 heterocycles. The molecule has 0 bridgehead atoms. The lowest BCUT2D eigenvalue weighted by Crippen LogP contribution is -2.47. The second kappa shape index (κ2) is 10.7. The molecule has 3 rings (SSSR count). The largest absolute Gasteiger partial charge is 0.484 e. The smallest absolute Gasteiger partial charge is 0.258 e. The maximum Gasteiger partial charge on any atom is 0.258 e. The van der Waals surface area contributed by atoms with E-state index >= 15 is 0 Å². The maximum atomic E-state index is 12.5. The fourth-order valence-corrected chi connectivity index (χ4v) is 3.95. The Morgan fingerprint density at radius 1 is 1.06 bits per heavy atom. The van der Waals surface area contributed by atoms with Gasteiger partial charge in [-0.15, -0.1) is 0 Å². The van der Waals surface area contributed by atoms with E-state index in [2.05, 4.69) is 36.5 Å². The van der Waals surface area contributed by atoms with Crippen molar-refractivity contribution < 1.29 is 14.3 Å². The van der Waals surface area contributed by atoms with Gasteiger partial charge in [0.15, 0.2) is 6.61 Å². The average Bonchev–Trinajstić information content (AvgIpc) is 2.76. The van der Waals surface area contributed by atoms with Crippen LogP contribution in [0.4, 0.5) is 0 Å². The van der Waals surface area contributed by atoms with Crippen molar-refractivity contribution in [1.82, 2.24) is 10.2 Å². The molecule has 0 aliphatic carbocycles. The first-order chi connectivity index (χ1) is 14.8. The van der Waals surface area contributed by atoms with Gasteiger partial charge in [-0.3, -0.25) is 9.59 Å². The van der Waals surface area contributed by atoms with Gasteiger partial charge in [-0.2, -0.15) is 0 Å². The van der Waals surface area contributed by atoms with Crippen LogP contribution in [0.1, 0.15) is 41.5 Å². The van der Waals surface area contributed by atoms with Gasteiger partial charge in [0, 0.05) is 30.6 Å². The zero-order valence-corrected chi connectivity index (χ0v) is 19.3. The van der Waals surface area contributed by atoms with Crippen molar-refractivity contribution in [2.75, 3.05) is 19.7 Å². The summed E-state index contributed by atoms with van der Waals surface area (Å²) in [5.41, 5.74) is 4.27. The van der Waals surface area contributed by atoms with Crippen molar-refractivity contribution in [2.45, 2.75) is 52.5 Å². The summed E-state index contributed by atoms with van der Waals surface area (Å²) in [5.74, 6) is 0.681. The number of rotatable bonds is 7. The van der Waals surface area contributed by atoms with Gasteiger partial charge < -0.3 is 15.0 Å². The number of carbonyl (C=O) groups excluding carboxylic acids is 2. The van der Waals surface area contributed by atoms with E-state index in [4.69, 9.17) is 16.3 Å². The number of aryl methyl sites for hydroxylation is 4. The summed E-state index contributed by atoms with van der Waals surface area (Å²) in [7, 11) is 0. The first-order valence-electron chi connectivity index (χ1n) is 10.8. The second-order valence-corrected chi connectivity index (χ2v) is 8.75. The molecule has 0 aromatic heterocycles. The van der Waals surface area contributed by atoms with Gasteiger partial charge in [0.2, 0.25) is 5.91 Å². The van der Waals surface area contributed by atoms with E-state index in [-0.39, 0.29) is 24.5 Å². The van der Waals surface area contributed by atoms with Gasteiger partial charge in [-0.25, -0.2) is 0 Å². The van der Waals surface area contributed by atoms with Crippen molar-refractivity contribution >= 4 is 23.4 Å². The number of nitrogens with zero attached hydrogens (tertiary/aromatic N) is 1. The quantitative estimate of drug-likeness (QED) is 0.692. The Morgan fingerprint density at radius 2 is 1.68 bits per heavy atom. The Bertz CT molecular complexity index is 896. The third kappa shape index (κ3) is 6.73. The van der Waals surface area contributed by atoms with Crippen LogP contribution >= 0.6 is 11.6 Å². The van der Waals surface area contributed by atoms with Crippen LogP contribution in [0, 0.1) is 20.8 Å². The summed E-state index contributed by atoms with van der Waals surface area (Å²) in [4.78, 5) is 26.7. The van der Waals surface area contributed by atoms with E-state index < -0.39 is 0 Å². The maximum absolute atomic E-state index is 12.5. The number of carbonyl (C=O) groups is 2. The number of hydrogen-bond acceptors (Lipinski definition) is 3. The van der Waals surface area contributed by atoms with Crippen LogP contribution in [-0.2, 0) is 16.0 Å². The third-order valence-electron chi connectivity index (χ3n) is 5.74. The molecule has 31 heavy (non-hydrogen) atoms. The monoisotopic (exact) mass is 442 g/mol. The molecule has 1 aliphatic heterocycles. The molecule has 0 radical (unpaired) electrons. The third-order valence-corrected chi connectivity index (χ3v) is 6.34. The average molecular weight is 443 g/mol. The molecule has 1 fully saturated rings. The van der Waals surface area contributed by atoms with Crippen LogP contribution in [0.2, 0.25) is 5.02 Å². The second-order valence-electron chi connectivity index (χ2n) is 8.37. The zero-order chi connectivity index (χ0) is 22.4. The molecule has 1 aliphatic rings. The predicted octanol–water partition coefficient (Wildman–Crippen LogP) is 4.38. The molecular weight excluding hydrogens is 412 g/mol. The number of amides is 2. The molecule has 1 N–H and O–H groups in total. The van der Waals surface area contributed by atoms with Crippen molar-refractivity contribution in [1.29, 1.82) is 0 Å². The molecule has 0 saturated carbocycles. The summed E-state index contributed by atoms with van der Waals surface area (Å²) < 4.78 is 5.63. The fourth-order valence-electron chi connectivity index (χ4n) is 3.85. The molecule has 0 spiro atoms. The molecule has 2 aromatic carbocycles. The molecule has 166 valence electrons. The van der Waals surface area contributed by atoms with Crippen LogP contribution < -0.4 is 10.1 Å². The Hall–Kier alpha value is -2.53. The number of likely N-dealkylation sites (tertiary alicyclic amines) is 1. The molecule has 5 nitrogen and oxygen atoms in total. The van der Waals surface area contributed by atoms with Gasteiger partial charge in [0.1, 0.15) is 5.75 Å². The summed E-state index contributed by atoms with van der Waals surface area (Å²) in [6.07, 6.45) is 2.81. The van der Waals surface area contributed by atoms with Crippen LogP contribution in [0.15, 0.2) is 36.4 Å². The minimum atomic E-state index is -0.144. The van der Waals surface area contributed by atoms with Gasteiger partial charge in [-0.1, -0.05) is 41.4 Å².